The number of benzene rings is 2. The Morgan fingerprint density at radius 3 is 2.07 bits per heavy atom. The zero-order valence-electron chi connectivity index (χ0n) is 15.0. The van der Waals surface area contributed by atoms with Gasteiger partial charge in [0.25, 0.3) is 10.0 Å². The Balaban J connectivity index is 2.61. The molecule has 0 heterocycles. The molecule has 0 bridgehead atoms. The van der Waals surface area contributed by atoms with Crippen LogP contribution in [-0.4, -0.2) is 42.8 Å². The maximum absolute atomic E-state index is 12.9. The monoisotopic (exact) mass is 415 g/mol. The van der Waals surface area contributed by atoms with Crippen molar-refractivity contribution in [1.29, 1.82) is 0 Å². The van der Waals surface area contributed by atoms with Gasteiger partial charge in [-0.15, -0.1) is 0 Å². The number of carbonyl (C=O) groups excluding carboxylic acids is 1. The number of nitrogens with one attached hydrogen (secondary N) is 1. The second kappa shape index (κ2) is 8.36. The van der Waals surface area contributed by atoms with Gasteiger partial charge in [0.2, 0.25) is 0 Å². The maximum Gasteiger partial charge on any atom is 0.340 e. The third kappa shape index (κ3) is 4.37. The van der Waals surface area contributed by atoms with Gasteiger partial charge in [-0.2, -0.15) is 0 Å². The molecule has 0 aliphatic carbocycles. The first-order valence-electron chi connectivity index (χ1n) is 7.48. The predicted molar refractivity (Wildman–Crippen MR) is 99.7 cm³/mol. The fraction of sp³-hybridized carbons (Fsp3) is 0.235. The van der Waals surface area contributed by atoms with Gasteiger partial charge in [0.1, 0.15) is 10.6 Å². The van der Waals surface area contributed by atoms with E-state index >= 15 is 0 Å². The number of hydrogen-bond acceptors (Lipinski definition) is 7. The van der Waals surface area contributed by atoms with E-state index in [0.717, 1.165) is 0 Å². The van der Waals surface area contributed by atoms with Crippen LogP contribution in [0.1, 0.15) is 10.4 Å². The first-order valence-corrected chi connectivity index (χ1v) is 9.34. The summed E-state index contributed by atoms with van der Waals surface area (Å²) in [6, 6.07) is 6.79. The average molecular weight is 416 g/mol. The van der Waals surface area contributed by atoms with Crippen LogP contribution < -0.4 is 18.9 Å². The molecule has 0 spiro atoms. The number of anilines is 1. The minimum atomic E-state index is -4.15. The molecule has 0 fully saturated rings. The van der Waals surface area contributed by atoms with Gasteiger partial charge in [0.05, 0.1) is 39.7 Å². The third-order valence-electron chi connectivity index (χ3n) is 3.59. The summed E-state index contributed by atoms with van der Waals surface area (Å²) in [7, 11) is 1.13. The molecule has 146 valence electrons. The number of rotatable bonds is 7. The summed E-state index contributed by atoms with van der Waals surface area (Å²) in [5, 5.41) is 0.205. The number of hydrogen-bond donors (Lipinski definition) is 1. The molecule has 0 atom stereocenters. The van der Waals surface area contributed by atoms with Crippen LogP contribution in [0, 0.1) is 0 Å². The number of halogens is 1. The topological polar surface area (TPSA) is 100 Å². The fourth-order valence-electron chi connectivity index (χ4n) is 2.30. The Hall–Kier alpha value is -2.65. The van der Waals surface area contributed by atoms with Crippen LogP contribution >= 0.6 is 11.6 Å². The van der Waals surface area contributed by atoms with E-state index in [1.54, 1.807) is 0 Å². The Morgan fingerprint density at radius 2 is 1.52 bits per heavy atom. The fourth-order valence-corrected chi connectivity index (χ4v) is 3.81. The molecule has 0 saturated carbocycles. The summed E-state index contributed by atoms with van der Waals surface area (Å²) >= 11 is 5.92. The maximum atomic E-state index is 12.9. The van der Waals surface area contributed by atoms with Gasteiger partial charge in [-0.25, -0.2) is 13.2 Å². The van der Waals surface area contributed by atoms with E-state index in [4.69, 9.17) is 30.5 Å². The molecule has 1 N–H and O–H groups in total. The van der Waals surface area contributed by atoms with E-state index in [-0.39, 0.29) is 38.4 Å². The van der Waals surface area contributed by atoms with Gasteiger partial charge >= 0.3 is 5.97 Å². The van der Waals surface area contributed by atoms with E-state index in [1.165, 1.54) is 58.8 Å². The van der Waals surface area contributed by atoms with Gasteiger partial charge in [0, 0.05) is 17.2 Å². The van der Waals surface area contributed by atoms with Crippen molar-refractivity contribution in [3.05, 3.63) is 40.9 Å². The average Bonchev–Trinajstić information content (AvgIpc) is 2.66. The Kier molecular flexibility index (Phi) is 6.40. The molecule has 2 aromatic carbocycles. The number of ether oxygens (including phenoxy) is 4. The molecule has 0 unspecified atom stereocenters. The van der Waals surface area contributed by atoms with Crippen LogP contribution in [-0.2, 0) is 14.8 Å². The molecular formula is C17H18ClNO7S. The molecular weight excluding hydrogens is 398 g/mol. The molecule has 8 nitrogen and oxygen atoms in total. The van der Waals surface area contributed by atoms with E-state index in [2.05, 4.69) is 4.72 Å². The van der Waals surface area contributed by atoms with E-state index in [0.29, 0.717) is 0 Å². The number of esters is 1. The van der Waals surface area contributed by atoms with Crippen molar-refractivity contribution in [2.75, 3.05) is 33.2 Å². The lowest BCUT2D eigenvalue weighted by atomic mass is 10.1. The molecule has 0 aliphatic rings. The molecule has 0 aromatic heterocycles. The normalized spacial score (nSPS) is 10.9. The summed E-state index contributed by atoms with van der Waals surface area (Å²) in [5.74, 6) is -0.208. The second-order valence-electron chi connectivity index (χ2n) is 5.15. The van der Waals surface area contributed by atoms with Crippen molar-refractivity contribution in [3.8, 4) is 17.2 Å². The van der Waals surface area contributed by atoms with Crippen molar-refractivity contribution < 1.29 is 32.2 Å². The Labute approximate surface area is 162 Å². The first kappa shape index (κ1) is 20.7. The lowest BCUT2D eigenvalue weighted by Gasteiger charge is -2.16. The highest BCUT2D eigenvalue weighted by molar-refractivity contribution is 7.92. The number of methoxy groups -OCH3 is 4. The zero-order valence-corrected chi connectivity index (χ0v) is 16.6. The van der Waals surface area contributed by atoms with Crippen molar-refractivity contribution in [3.63, 3.8) is 0 Å². The highest BCUT2D eigenvalue weighted by atomic mass is 35.5. The summed E-state index contributed by atoms with van der Waals surface area (Å²) in [6.07, 6.45) is 0. The summed E-state index contributed by atoms with van der Waals surface area (Å²) in [5.41, 5.74) is -0.110. The van der Waals surface area contributed by atoms with Crippen molar-refractivity contribution in [2.24, 2.45) is 0 Å². The quantitative estimate of drug-likeness (QED) is 0.694. The lowest BCUT2D eigenvalue weighted by Crippen LogP contribution is -2.17. The van der Waals surface area contributed by atoms with Gasteiger partial charge in [-0.05, 0) is 18.2 Å². The minimum absolute atomic E-state index is 0.0541. The van der Waals surface area contributed by atoms with Crippen LogP contribution in [0.5, 0.6) is 17.2 Å². The first-order chi connectivity index (χ1) is 12.8. The Morgan fingerprint density at radius 1 is 0.926 bits per heavy atom. The molecule has 27 heavy (non-hydrogen) atoms. The van der Waals surface area contributed by atoms with Crippen LogP contribution in [0.4, 0.5) is 5.69 Å². The summed E-state index contributed by atoms with van der Waals surface area (Å²) < 4.78 is 48.2. The van der Waals surface area contributed by atoms with Crippen molar-refractivity contribution in [1.82, 2.24) is 0 Å². The van der Waals surface area contributed by atoms with Crippen LogP contribution in [0.15, 0.2) is 35.2 Å². The molecule has 0 amide bonds. The Bertz CT molecular complexity index is 960. The largest absolute Gasteiger partial charge is 0.495 e. The SMILES string of the molecule is COC(=O)c1cc(OC)c(OC)cc1NS(=O)(=O)c1cc(Cl)ccc1OC. The third-order valence-corrected chi connectivity index (χ3v) is 5.21. The standard InChI is InChI=1S/C17H18ClNO7S/c1-23-13-6-5-10(18)7-16(13)27(21,22)19-12-9-15(25-3)14(24-2)8-11(12)17(20)26-4/h5-9,19H,1-4H3. The number of carbonyl (C=O) groups is 1. The minimum Gasteiger partial charge on any atom is -0.495 e. The predicted octanol–water partition coefficient (Wildman–Crippen LogP) is 2.95. The van der Waals surface area contributed by atoms with E-state index in [9.17, 15) is 13.2 Å². The highest BCUT2D eigenvalue weighted by Gasteiger charge is 2.25. The van der Waals surface area contributed by atoms with Gasteiger partial charge in [-0.3, -0.25) is 4.72 Å². The van der Waals surface area contributed by atoms with Crippen molar-refractivity contribution in [2.45, 2.75) is 4.90 Å². The lowest BCUT2D eigenvalue weighted by molar-refractivity contribution is 0.0601. The van der Waals surface area contributed by atoms with E-state index < -0.39 is 16.0 Å². The van der Waals surface area contributed by atoms with Gasteiger partial charge in [-0.1, -0.05) is 11.6 Å². The molecule has 2 rings (SSSR count). The summed E-state index contributed by atoms with van der Waals surface area (Å²) in [4.78, 5) is 11.9. The van der Waals surface area contributed by atoms with Crippen LogP contribution in [0.25, 0.3) is 0 Å². The van der Waals surface area contributed by atoms with E-state index in [1.807, 2.05) is 0 Å². The number of sulfonamides is 1. The smallest absolute Gasteiger partial charge is 0.340 e. The summed E-state index contributed by atoms with van der Waals surface area (Å²) in [6.45, 7) is 0. The molecule has 2 aromatic rings. The molecule has 10 heteroatoms. The second-order valence-corrected chi connectivity index (χ2v) is 7.23. The van der Waals surface area contributed by atoms with Gasteiger partial charge in [0.15, 0.2) is 11.5 Å². The molecule has 0 aliphatic heterocycles. The van der Waals surface area contributed by atoms with Crippen LogP contribution in [0.3, 0.4) is 0 Å². The highest BCUT2D eigenvalue weighted by Crippen LogP contribution is 2.36. The zero-order chi connectivity index (χ0) is 20.2. The molecule has 0 radical (unpaired) electrons. The van der Waals surface area contributed by atoms with Gasteiger partial charge < -0.3 is 18.9 Å². The van der Waals surface area contributed by atoms with Crippen LogP contribution in [0.2, 0.25) is 5.02 Å². The van der Waals surface area contributed by atoms with Crippen molar-refractivity contribution >= 4 is 33.3 Å². The molecule has 0 saturated heterocycles.